The molecule has 0 aliphatic heterocycles. The molecule has 160 valence electrons. The van der Waals surface area contributed by atoms with Crippen LogP contribution in [0, 0.1) is 5.92 Å². The Kier molecular flexibility index (Phi) is 22.5. The quantitative estimate of drug-likeness (QED) is 0.233. The summed E-state index contributed by atoms with van der Waals surface area (Å²) in [6, 6.07) is 8.33. The molecule has 0 amide bonds. The van der Waals surface area contributed by atoms with Gasteiger partial charge in [0.05, 0.1) is 11.5 Å². The van der Waals surface area contributed by atoms with Crippen LogP contribution in [-0.4, -0.2) is 64.5 Å². The molecular formula is C22H40CaO4S. The van der Waals surface area contributed by atoms with E-state index in [9.17, 15) is 8.42 Å². The number of aliphatic hydroxyl groups excluding tert-OH is 1. The van der Waals surface area contributed by atoms with Gasteiger partial charge in [0.2, 0.25) is 0 Å². The summed E-state index contributed by atoms with van der Waals surface area (Å²) in [5.74, 6) is 0.440. The topological polar surface area (TPSA) is 63.6 Å². The Bertz CT molecular complexity index is 533. The minimum absolute atomic E-state index is 0. The zero-order valence-electron chi connectivity index (χ0n) is 18.2. The first kappa shape index (κ1) is 30.5. The number of hydrogen-bond donors (Lipinski definition) is 1. The number of rotatable bonds is 14. The van der Waals surface area contributed by atoms with Crippen LogP contribution < -0.4 is 0 Å². The zero-order chi connectivity index (χ0) is 20.4. The van der Waals surface area contributed by atoms with Crippen LogP contribution in [-0.2, 0) is 14.3 Å². The molecule has 0 aliphatic carbocycles. The van der Waals surface area contributed by atoms with Crippen molar-refractivity contribution in [3.8, 4) is 0 Å². The van der Waals surface area contributed by atoms with Crippen LogP contribution in [0.3, 0.4) is 0 Å². The Balaban J connectivity index is 0. The summed E-state index contributed by atoms with van der Waals surface area (Å²) in [5, 5.41) is 8.14. The minimum atomic E-state index is -3.57. The molecule has 6 heteroatoms. The maximum Gasteiger partial charge on any atom is 0.296 e. The monoisotopic (exact) mass is 440 g/mol. The predicted molar refractivity (Wildman–Crippen MR) is 119 cm³/mol. The van der Waals surface area contributed by atoms with E-state index < -0.39 is 10.1 Å². The molecule has 0 saturated heterocycles. The van der Waals surface area contributed by atoms with Crippen LogP contribution in [0.5, 0.6) is 0 Å². The average Bonchev–Trinajstić information content (AvgIpc) is 2.67. The second kappa shape index (κ2) is 20.6. The summed E-state index contributed by atoms with van der Waals surface area (Å²) in [6.45, 7) is 6.77. The van der Waals surface area contributed by atoms with Gasteiger partial charge in [-0.15, -0.1) is 0 Å². The van der Waals surface area contributed by atoms with Crippen molar-refractivity contribution in [1.82, 2.24) is 0 Å². The summed E-state index contributed by atoms with van der Waals surface area (Å²) in [6.07, 6.45) is 12.3. The van der Waals surface area contributed by atoms with E-state index in [1.54, 1.807) is 30.3 Å². The fourth-order valence-corrected chi connectivity index (χ4v) is 3.38. The van der Waals surface area contributed by atoms with Gasteiger partial charge in [0, 0.05) is 44.3 Å². The van der Waals surface area contributed by atoms with Crippen LogP contribution >= 0.6 is 0 Å². The van der Waals surface area contributed by atoms with Gasteiger partial charge in [0.1, 0.15) is 0 Å². The van der Waals surface area contributed by atoms with Crippen LogP contribution in [0.1, 0.15) is 85.0 Å². The number of benzene rings is 1. The molecule has 0 spiro atoms. The van der Waals surface area contributed by atoms with Crippen molar-refractivity contribution in [2.75, 3.05) is 13.2 Å². The fourth-order valence-electron chi connectivity index (χ4n) is 2.41. The Hall–Kier alpha value is 0.350. The maximum absolute atomic E-state index is 11.9. The van der Waals surface area contributed by atoms with E-state index in [0.29, 0.717) is 12.5 Å². The van der Waals surface area contributed by atoms with Gasteiger partial charge in [0.25, 0.3) is 10.1 Å². The Morgan fingerprint density at radius 3 is 1.71 bits per heavy atom. The number of hydrogen-bond acceptors (Lipinski definition) is 4. The number of unbranched alkanes of at least 4 members (excludes halogenated alkanes) is 9. The van der Waals surface area contributed by atoms with E-state index in [-0.39, 0.29) is 49.2 Å². The molecule has 0 aromatic heterocycles. The third-order valence-electron chi connectivity index (χ3n) is 4.13. The van der Waals surface area contributed by atoms with Crippen molar-refractivity contribution in [2.24, 2.45) is 5.92 Å². The molecule has 1 rings (SSSR count). The van der Waals surface area contributed by atoms with E-state index in [2.05, 4.69) is 6.92 Å². The molecule has 0 saturated carbocycles. The summed E-state index contributed by atoms with van der Waals surface area (Å²) < 4.78 is 28.8. The number of aliphatic hydroxyl groups is 1. The van der Waals surface area contributed by atoms with Crippen molar-refractivity contribution >= 4 is 47.9 Å². The molecule has 0 bridgehead atoms. The van der Waals surface area contributed by atoms with Gasteiger partial charge < -0.3 is 5.11 Å². The molecule has 1 N–H and O–H groups in total. The summed E-state index contributed by atoms with van der Waals surface area (Å²) >= 11 is 0. The summed E-state index contributed by atoms with van der Waals surface area (Å²) in [7, 11) is -3.57. The van der Waals surface area contributed by atoms with Crippen molar-refractivity contribution in [1.29, 1.82) is 0 Å². The Labute approximate surface area is 203 Å². The molecule has 28 heavy (non-hydrogen) atoms. The van der Waals surface area contributed by atoms with E-state index in [0.717, 1.165) is 12.8 Å². The first-order valence-electron chi connectivity index (χ1n) is 10.5. The molecule has 1 aromatic rings. The van der Waals surface area contributed by atoms with Crippen LogP contribution in [0.15, 0.2) is 35.2 Å². The smallest absolute Gasteiger partial charge is 0.296 e. The molecule has 4 nitrogen and oxygen atoms in total. The summed E-state index contributed by atoms with van der Waals surface area (Å²) in [4.78, 5) is 0.238. The molecule has 0 aliphatic rings. The van der Waals surface area contributed by atoms with E-state index in [1.165, 1.54) is 51.4 Å². The van der Waals surface area contributed by atoms with E-state index in [1.807, 2.05) is 13.8 Å². The normalized spacial score (nSPS) is 10.9. The van der Waals surface area contributed by atoms with Crippen LogP contribution in [0.25, 0.3) is 0 Å². The van der Waals surface area contributed by atoms with Crippen molar-refractivity contribution in [3.63, 3.8) is 0 Å². The zero-order valence-corrected chi connectivity index (χ0v) is 21.3. The van der Waals surface area contributed by atoms with Gasteiger partial charge in [0.15, 0.2) is 0 Å². The van der Waals surface area contributed by atoms with Gasteiger partial charge in [-0.3, -0.25) is 4.18 Å². The first-order chi connectivity index (χ1) is 12.9. The van der Waals surface area contributed by atoms with Crippen molar-refractivity contribution < 1.29 is 17.7 Å². The molecule has 0 unspecified atom stereocenters. The Morgan fingerprint density at radius 1 is 0.857 bits per heavy atom. The van der Waals surface area contributed by atoms with Gasteiger partial charge in [-0.2, -0.15) is 8.42 Å². The van der Waals surface area contributed by atoms with Crippen molar-refractivity contribution in [3.05, 3.63) is 30.3 Å². The Morgan fingerprint density at radius 2 is 1.29 bits per heavy atom. The first-order valence-corrected chi connectivity index (χ1v) is 11.9. The van der Waals surface area contributed by atoms with Gasteiger partial charge >= 0.3 is 0 Å². The molecule has 0 heterocycles. The summed E-state index contributed by atoms with van der Waals surface area (Å²) in [5.41, 5.74) is 0. The van der Waals surface area contributed by atoms with Crippen molar-refractivity contribution in [2.45, 2.75) is 89.9 Å². The standard InChI is InChI=1S/C18H30O3S.C4H10O.Ca/c1-2-3-4-5-6-7-8-9-10-14-17-21-22(19,20)18-15-12-11-13-16-18;1-4(2)3-5;/h11-13,15-16H,2-10,14,17H2,1H3;4-5H,3H2,1-2H3;. The third kappa shape index (κ3) is 18.4. The largest absolute Gasteiger partial charge is 0.396 e. The fraction of sp³-hybridized carbons (Fsp3) is 0.727. The molecular weight excluding hydrogens is 400 g/mol. The molecule has 2 radical (unpaired) electrons. The molecule has 1 aromatic carbocycles. The maximum atomic E-state index is 11.9. The van der Waals surface area contributed by atoms with Gasteiger partial charge in [-0.1, -0.05) is 96.8 Å². The van der Waals surface area contributed by atoms with Crippen LogP contribution in [0.4, 0.5) is 0 Å². The van der Waals surface area contributed by atoms with Crippen LogP contribution in [0.2, 0.25) is 0 Å². The second-order valence-electron chi connectivity index (χ2n) is 7.35. The average molecular weight is 441 g/mol. The third-order valence-corrected chi connectivity index (χ3v) is 5.46. The van der Waals surface area contributed by atoms with Gasteiger partial charge in [-0.25, -0.2) is 0 Å². The van der Waals surface area contributed by atoms with E-state index >= 15 is 0 Å². The molecule has 0 fully saturated rings. The second-order valence-corrected chi connectivity index (χ2v) is 8.96. The minimum Gasteiger partial charge on any atom is -0.396 e. The van der Waals surface area contributed by atoms with Gasteiger partial charge in [-0.05, 0) is 24.5 Å². The molecule has 0 atom stereocenters. The predicted octanol–water partition coefficient (Wildman–Crippen LogP) is 5.57. The SMILES string of the molecule is CC(C)CO.CCCCCCCCCCCCOS(=O)(=O)c1ccccc1.[Ca]. The van der Waals surface area contributed by atoms with E-state index in [4.69, 9.17) is 9.29 Å².